The molecule has 0 unspecified atom stereocenters. The van der Waals surface area contributed by atoms with Gasteiger partial charge in [-0.3, -0.25) is 9.69 Å². The molecule has 4 rings (SSSR count). The number of nitrogens with one attached hydrogen (secondary N) is 1. The van der Waals surface area contributed by atoms with Gasteiger partial charge in [0.05, 0.1) is 25.3 Å². The maximum Gasteiger partial charge on any atom is 0.230 e. The van der Waals surface area contributed by atoms with Gasteiger partial charge in [-0.1, -0.05) is 40.2 Å². The van der Waals surface area contributed by atoms with Gasteiger partial charge in [0.2, 0.25) is 5.91 Å². The lowest BCUT2D eigenvalue weighted by atomic mass is 10.1. The number of ether oxygens (including phenoxy) is 1. The lowest BCUT2D eigenvalue weighted by molar-refractivity contribution is -0.115. The maximum absolute atomic E-state index is 12.4. The van der Waals surface area contributed by atoms with Crippen LogP contribution in [0, 0.1) is 6.92 Å². The fourth-order valence-corrected chi connectivity index (χ4v) is 4.72. The van der Waals surface area contributed by atoms with E-state index in [0.717, 1.165) is 64.8 Å². The molecule has 0 spiro atoms. The van der Waals surface area contributed by atoms with Crippen LogP contribution >= 0.6 is 27.3 Å². The molecular formula is C23H24BrN3O2S. The van der Waals surface area contributed by atoms with Crippen molar-refractivity contribution in [1.29, 1.82) is 0 Å². The summed E-state index contributed by atoms with van der Waals surface area (Å²) in [5, 5.41) is 5.88. The first-order chi connectivity index (χ1) is 14.6. The number of halogens is 1. The van der Waals surface area contributed by atoms with E-state index in [1.165, 1.54) is 5.56 Å². The fourth-order valence-electron chi connectivity index (χ4n) is 3.42. The predicted molar refractivity (Wildman–Crippen MR) is 125 cm³/mol. The molecular weight excluding hydrogens is 462 g/mol. The molecule has 1 aliphatic rings. The molecule has 1 saturated heterocycles. The Kier molecular flexibility index (Phi) is 6.94. The highest BCUT2D eigenvalue weighted by Gasteiger charge is 2.12. The smallest absolute Gasteiger partial charge is 0.230 e. The van der Waals surface area contributed by atoms with Crippen LogP contribution in [0.4, 0.5) is 5.69 Å². The molecule has 1 aromatic heterocycles. The fraction of sp³-hybridized carbons (Fsp3) is 0.304. The number of aryl methyl sites for hydroxylation is 1. The van der Waals surface area contributed by atoms with Crippen LogP contribution in [-0.2, 0) is 22.5 Å². The number of amides is 1. The zero-order chi connectivity index (χ0) is 20.9. The molecule has 0 atom stereocenters. The van der Waals surface area contributed by atoms with Gasteiger partial charge < -0.3 is 10.1 Å². The molecule has 156 valence electrons. The first-order valence-corrected chi connectivity index (χ1v) is 11.6. The highest BCUT2D eigenvalue weighted by atomic mass is 79.9. The van der Waals surface area contributed by atoms with Gasteiger partial charge in [0, 0.05) is 40.7 Å². The molecule has 3 aromatic rings. The third kappa shape index (κ3) is 5.55. The number of aromatic nitrogens is 1. The van der Waals surface area contributed by atoms with Gasteiger partial charge in [-0.2, -0.15) is 0 Å². The van der Waals surface area contributed by atoms with E-state index in [-0.39, 0.29) is 12.3 Å². The highest BCUT2D eigenvalue weighted by molar-refractivity contribution is 9.10. The first-order valence-electron chi connectivity index (χ1n) is 9.96. The SMILES string of the molecule is Cc1cc(Br)ccc1NC(=O)Cc1csc(-c2ccc(CN3CCOCC3)cc2)n1. The van der Waals surface area contributed by atoms with Crippen molar-refractivity contribution in [3.63, 3.8) is 0 Å². The van der Waals surface area contributed by atoms with E-state index in [2.05, 4.69) is 55.4 Å². The van der Waals surface area contributed by atoms with Gasteiger partial charge in [0.25, 0.3) is 0 Å². The Bertz CT molecular complexity index is 1010. The lowest BCUT2D eigenvalue weighted by Crippen LogP contribution is -2.35. The number of benzene rings is 2. The largest absolute Gasteiger partial charge is 0.379 e. The molecule has 2 aromatic carbocycles. The van der Waals surface area contributed by atoms with Gasteiger partial charge in [-0.15, -0.1) is 11.3 Å². The molecule has 7 heteroatoms. The van der Waals surface area contributed by atoms with Gasteiger partial charge in [0.1, 0.15) is 5.01 Å². The van der Waals surface area contributed by atoms with Crippen LogP contribution in [0.15, 0.2) is 52.3 Å². The third-order valence-electron chi connectivity index (χ3n) is 5.07. The standard InChI is InChI=1S/C23H24BrN3O2S/c1-16-12-19(24)6-7-21(16)26-22(28)13-20-15-30-23(25-20)18-4-2-17(3-5-18)14-27-8-10-29-11-9-27/h2-7,12,15H,8-11,13-14H2,1H3,(H,26,28). The molecule has 0 bridgehead atoms. The van der Waals surface area contributed by atoms with E-state index in [1.807, 2.05) is 30.5 Å². The summed E-state index contributed by atoms with van der Waals surface area (Å²) in [6, 6.07) is 14.4. The summed E-state index contributed by atoms with van der Waals surface area (Å²) >= 11 is 5.01. The average molecular weight is 486 g/mol. The van der Waals surface area contributed by atoms with Crippen molar-refractivity contribution in [2.45, 2.75) is 19.9 Å². The number of hydrogen-bond donors (Lipinski definition) is 1. The summed E-state index contributed by atoms with van der Waals surface area (Å²) in [5.74, 6) is -0.0573. The van der Waals surface area contributed by atoms with Gasteiger partial charge in [-0.05, 0) is 36.2 Å². The van der Waals surface area contributed by atoms with E-state index < -0.39 is 0 Å². The molecule has 1 aliphatic heterocycles. The zero-order valence-corrected chi connectivity index (χ0v) is 19.3. The minimum atomic E-state index is -0.0573. The van der Waals surface area contributed by atoms with Crippen LogP contribution < -0.4 is 5.32 Å². The van der Waals surface area contributed by atoms with Crippen molar-refractivity contribution in [3.05, 3.63) is 69.1 Å². The number of nitrogens with zero attached hydrogens (tertiary/aromatic N) is 2. The predicted octanol–water partition coefficient (Wildman–Crippen LogP) is 4.89. The number of carbonyl (C=O) groups is 1. The quantitative estimate of drug-likeness (QED) is 0.539. The number of anilines is 1. The van der Waals surface area contributed by atoms with Crippen LogP contribution in [0.1, 0.15) is 16.8 Å². The zero-order valence-electron chi connectivity index (χ0n) is 16.9. The highest BCUT2D eigenvalue weighted by Crippen LogP contribution is 2.25. The minimum Gasteiger partial charge on any atom is -0.379 e. The third-order valence-corrected chi connectivity index (χ3v) is 6.50. The Morgan fingerprint density at radius 3 is 2.70 bits per heavy atom. The number of carbonyl (C=O) groups excluding carboxylic acids is 1. The molecule has 0 aliphatic carbocycles. The second kappa shape index (κ2) is 9.83. The van der Waals surface area contributed by atoms with Crippen LogP contribution in [0.3, 0.4) is 0 Å². The molecule has 1 N–H and O–H groups in total. The first kappa shape index (κ1) is 21.2. The van der Waals surface area contributed by atoms with Crippen LogP contribution in [0.2, 0.25) is 0 Å². The Morgan fingerprint density at radius 2 is 1.97 bits per heavy atom. The molecule has 2 heterocycles. The summed E-state index contributed by atoms with van der Waals surface area (Å²) < 4.78 is 6.41. The number of morpholine rings is 1. The Labute approximate surface area is 189 Å². The minimum absolute atomic E-state index is 0.0573. The van der Waals surface area contributed by atoms with E-state index >= 15 is 0 Å². The van der Waals surface area contributed by atoms with Crippen molar-refractivity contribution < 1.29 is 9.53 Å². The summed E-state index contributed by atoms with van der Waals surface area (Å²) in [5.41, 5.74) is 5.02. The summed E-state index contributed by atoms with van der Waals surface area (Å²) in [6.07, 6.45) is 0.265. The second-order valence-corrected chi connectivity index (χ2v) is 9.19. The maximum atomic E-state index is 12.4. The van der Waals surface area contributed by atoms with Crippen LogP contribution in [0.25, 0.3) is 10.6 Å². The Morgan fingerprint density at radius 1 is 1.20 bits per heavy atom. The van der Waals surface area contributed by atoms with Gasteiger partial charge in [0.15, 0.2) is 0 Å². The van der Waals surface area contributed by atoms with Gasteiger partial charge in [-0.25, -0.2) is 4.98 Å². The normalized spacial score (nSPS) is 14.6. The van der Waals surface area contributed by atoms with Crippen molar-refractivity contribution in [3.8, 4) is 10.6 Å². The second-order valence-electron chi connectivity index (χ2n) is 7.41. The average Bonchev–Trinajstić information content (AvgIpc) is 3.20. The van der Waals surface area contributed by atoms with Crippen molar-refractivity contribution in [1.82, 2.24) is 9.88 Å². The molecule has 0 saturated carbocycles. The monoisotopic (exact) mass is 485 g/mol. The van der Waals surface area contributed by atoms with E-state index in [4.69, 9.17) is 4.74 Å². The van der Waals surface area contributed by atoms with Crippen molar-refractivity contribution >= 4 is 38.9 Å². The van der Waals surface area contributed by atoms with E-state index in [1.54, 1.807) is 11.3 Å². The topological polar surface area (TPSA) is 54.5 Å². The summed E-state index contributed by atoms with van der Waals surface area (Å²) in [6.45, 7) is 6.52. The van der Waals surface area contributed by atoms with Crippen molar-refractivity contribution in [2.75, 3.05) is 31.6 Å². The summed E-state index contributed by atoms with van der Waals surface area (Å²) in [4.78, 5) is 19.5. The van der Waals surface area contributed by atoms with E-state index in [0.29, 0.717) is 0 Å². The number of hydrogen-bond acceptors (Lipinski definition) is 5. The molecule has 5 nitrogen and oxygen atoms in total. The van der Waals surface area contributed by atoms with Gasteiger partial charge >= 0.3 is 0 Å². The molecule has 1 fully saturated rings. The number of rotatable bonds is 6. The lowest BCUT2D eigenvalue weighted by Gasteiger charge is -2.26. The van der Waals surface area contributed by atoms with Crippen LogP contribution in [-0.4, -0.2) is 42.1 Å². The Balaban J connectivity index is 1.35. The van der Waals surface area contributed by atoms with Crippen LogP contribution in [0.5, 0.6) is 0 Å². The number of thiazole rings is 1. The molecule has 1 amide bonds. The van der Waals surface area contributed by atoms with E-state index in [9.17, 15) is 4.79 Å². The molecule has 0 radical (unpaired) electrons. The molecule has 30 heavy (non-hydrogen) atoms. The Hall–Kier alpha value is -2.06. The summed E-state index contributed by atoms with van der Waals surface area (Å²) in [7, 11) is 0. The van der Waals surface area contributed by atoms with Crippen molar-refractivity contribution in [2.24, 2.45) is 0 Å².